The van der Waals surface area contributed by atoms with Gasteiger partial charge in [0.1, 0.15) is 11.8 Å². The third-order valence-electron chi connectivity index (χ3n) is 3.07. The van der Waals surface area contributed by atoms with Crippen molar-refractivity contribution < 1.29 is 14.4 Å². The van der Waals surface area contributed by atoms with Gasteiger partial charge in [0.15, 0.2) is 5.76 Å². The summed E-state index contributed by atoms with van der Waals surface area (Å²) >= 11 is 6.44. The van der Waals surface area contributed by atoms with Gasteiger partial charge in [-0.3, -0.25) is 10.2 Å². The fraction of sp³-hybridized carbons (Fsp3) is 0.333. The topological polar surface area (TPSA) is 92.1 Å². The smallest absolute Gasteiger partial charge is 0.339 e. The minimum absolute atomic E-state index is 0.357. The van der Waals surface area contributed by atoms with Crippen LogP contribution in [0.4, 0.5) is 4.79 Å². The van der Waals surface area contributed by atoms with Gasteiger partial charge in [-0.05, 0) is 31.1 Å². The van der Waals surface area contributed by atoms with Crippen molar-refractivity contribution in [2.24, 2.45) is 10.7 Å². The fourth-order valence-electron chi connectivity index (χ4n) is 1.91. The molecule has 7 heteroatoms. The predicted molar refractivity (Wildman–Crippen MR) is 83.0 cm³/mol. The number of allylic oxidation sites excluding steroid dienone is 1. The van der Waals surface area contributed by atoms with Crippen molar-refractivity contribution in [3.05, 3.63) is 35.8 Å². The van der Waals surface area contributed by atoms with Crippen LogP contribution in [0.5, 0.6) is 0 Å². The van der Waals surface area contributed by atoms with E-state index in [-0.39, 0.29) is 0 Å². The van der Waals surface area contributed by atoms with Crippen LogP contribution in [-0.2, 0) is 6.42 Å². The highest BCUT2D eigenvalue weighted by molar-refractivity contribution is 6.26. The lowest BCUT2D eigenvalue weighted by Crippen LogP contribution is -2.38. The summed E-state index contributed by atoms with van der Waals surface area (Å²) in [4.78, 5) is 14.3. The summed E-state index contributed by atoms with van der Waals surface area (Å²) in [5, 5.41) is 9.67. The molecular formula is C15H16ClN3O3. The number of alkyl halides is 1. The van der Waals surface area contributed by atoms with E-state index in [1.165, 1.54) is 0 Å². The molecule has 0 bridgehead atoms. The van der Waals surface area contributed by atoms with Crippen LogP contribution >= 0.6 is 11.6 Å². The van der Waals surface area contributed by atoms with E-state index in [0.29, 0.717) is 29.5 Å². The molecule has 3 N–H and O–H groups in total. The SMILES string of the molecule is C[C@H](C#Cc1ccc(CC2(Cl)C=CC=NC2)o1)N(O)C(N)=O. The molecule has 2 amide bonds. The molecule has 1 aliphatic rings. The lowest BCUT2D eigenvalue weighted by Gasteiger charge is -2.21. The lowest BCUT2D eigenvalue weighted by molar-refractivity contribution is -0.0536. The van der Waals surface area contributed by atoms with Crippen molar-refractivity contribution in [3.8, 4) is 11.8 Å². The normalized spacial score (nSPS) is 21.0. The van der Waals surface area contributed by atoms with Gasteiger partial charge in [-0.2, -0.15) is 5.06 Å². The maximum Gasteiger partial charge on any atom is 0.339 e. The highest BCUT2D eigenvalue weighted by atomic mass is 35.5. The Balaban J connectivity index is 2.02. The van der Waals surface area contributed by atoms with Gasteiger partial charge in [-0.25, -0.2) is 4.79 Å². The van der Waals surface area contributed by atoms with Gasteiger partial charge in [-0.1, -0.05) is 12.0 Å². The Morgan fingerprint density at radius 1 is 1.68 bits per heavy atom. The molecule has 2 heterocycles. The fourth-order valence-corrected chi connectivity index (χ4v) is 2.18. The predicted octanol–water partition coefficient (Wildman–Crippen LogP) is 1.95. The van der Waals surface area contributed by atoms with Gasteiger partial charge in [-0.15, -0.1) is 11.6 Å². The molecule has 116 valence electrons. The average molecular weight is 322 g/mol. The van der Waals surface area contributed by atoms with Gasteiger partial charge in [0.25, 0.3) is 0 Å². The summed E-state index contributed by atoms with van der Waals surface area (Å²) in [5.74, 6) is 6.51. The molecule has 0 spiro atoms. The van der Waals surface area contributed by atoms with Gasteiger partial charge >= 0.3 is 6.03 Å². The summed E-state index contributed by atoms with van der Waals surface area (Å²) < 4.78 is 5.58. The number of rotatable bonds is 3. The van der Waals surface area contributed by atoms with Gasteiger partial charge < -0.3 is 10.2 Å². The van der Waals surface area contributed by atoms with E-state index in [1.807, 2.05) is 12.2 Å². The van der Waals surface area contributed by atoms with Crippen LogP contribution in [0.3, 0.4) is 0 Å². The second kappa shape index (κ2) is 6.69. The van der Waals surface area contributed by atoms with E-state index < -0.39 is 16.9 Å². The lowest BCUT2D eigenvalue weighted by atomic mass is 10.0. The molecule has 2 atom stereocenters. The maximum atomic E-state index is 10.8. The number of carbonyl (C=O) groups is 1. The molecular weight excluding hydrogens is 306 g/mol. The first kappa shape index (κ1) is 16.1. The number of furan rings is 1. The monoisotopic (exact) mass is 321 g/mol. The summed E-state index contributed by atoms with van der Waals surface area (Å²) in [7, 11) is 0. The second-order valence-corrected chi connectivity index (χ2v) is 5.71. The quantitative estimate of drug-likeness (QED) is 0.386. The van der Waals surface area contributed by atoms with Gasteiger partial charge in [0.05, 0.1) is 11.4 Å². The molecule has 6 nitrogen and oxygen atoms in total. The van der Waals surface area contributed by atoms with Crippen LogP contribution in [0, 0.1) is 11.8 Å². The molecule has 0 saturated heterocycles. The van der Waals surface area contributed by atoms with Crippen molar-refractivity contribution >= 4 is 23.8 Å². The Morgan fingerprint density at radius 3 is 3.09 bits per heavy atom. The Kier molecular flexibility index (Phi) is 4.91. The zero-order valence-electron chi connectivity index (χ0n) is 12.0. The van der Waals surface area contributed by atoms with Crippen LogP contribution in [0.1, 0.15) is 18.4 Å². The zero-order chi connectivity index (χ0) is 16.2. The minimum Gasteiger partial charge on any atom is -0.453 e. The number of nitrogens with two attached hydrogens (primary N) is 1. The number of hydrogen-bond donors (Lipinski definition) is 2. The Hall–Kier alpha value is -2.23. The summed E-state index contributed by atoms with van der Waals surface area (Å²) in [6.45, 7) is 2.03. The Morgan fingerprint density at radius 2 is 2.45 bits per heavy atom. The number of hydrogen-bond acceptors (Lipinski definition) is 4. The molecule has 0 saturated carbocycles. The number of halogens is 1. The molecule has 0 fully saturated rings. The highest BCUT2D eigenvalue weighted by Gasteiger charge is 2.26. The Labute approximate surface area is 133 Å². The van der Waals surface area contributed by atoms with Crippen LogP contribution in [0.15, 0.2) is 33.7 Å². The number of carbonyl (C=O) groups excluding carboxylic acids is 1. The van der Waals surface area contributed by atoms with Crippen LogP contribution < -0.4 is 5.73 Å². The van der Waals surface area contributed by atoms with Crippen molar-refractivity contribution in [2.75, 3.05) is 6.54 Å². The number of aliphatic imine (C=N–C) groups is 1. The van der Waals surface area contributed by atoms with Crippen molar-refractivity contribution in [2.45, 2.75) is 24.3 Å². The van der Waals surface area contributed by atoms with E-state index in [0.717, 1.165) is 0 Å². The number of dihydropyridines is 1. The van der Waals surface area contributed by atoms with E-state index in [4.69, 9.17) is 21.8 Å². The van der Waals surface area contributed by atoms with Crippen molar-refractivity contribution in [1.29, 1.82) is 0 Å². The minimum atomic E-state index is -0.962. The van der Waals surface area contributed by atoms with Crippen LogP contribution in [0.25, 0.3) is 0 Å². The number of hydroxylamine groups is 2. The largest absolute Gasteiger partial charge is 0.453 e. The molecule has 0 aromatic carbocycles. The number of urea groups is 1. The molecule has 1 aromatic heterocycles. The van der Waals surface area contributed by atoms with Crippen molar-refractivity contribution in [3.63, 3.8) is 0 Å². The standard InChI is InChI=1S/C15H16ClN3O3/c1-11(19(21)14(17)20)3-4-12-5-6-13(22-12)9-15(16)7-2-8-18-10-15/h2,5-8,11,21H,9-10H2,1H3,(H2,17,20)/t11-,15?/m1/s1. The van der Waals surface area contributed by atoms with E-state index in [1.54, 1.807) is 25.3 Å². The molecule has 0 aliphatic carbocycles. The molecule has 1 aliphatic heterocycles. The number of primary amides is 1. The van der Waals surface area contributed by atoms with Crippen LogP contribution in [-0.4, -0.2) is 40.0 Å². The first-order valence-corrected chi connectivity index (χ1v) is 7.02. The summed E-state index contributed by atoms with van der Waals surface area (Å²) in [5.41, 5.74) is 4.94. The number of nitrogens with zero attached hydrogens (tertiary/aromatic N) is 2. The van der Waals surface area contributed by atoms with E-state index >= 15 is 0 Å². The maximum absolute atomic E-state index is 10.8. The van der Waals surface area contributed by atoms with Gasteiger partial charge in [0, 0.05) is 12.6 Å². The summed E-state index contributed by atoms with van der Waals surface area (Å²) in [6.07, 6.45) is 5.89. The van der Waals surface area contributed by atoms with Gasteiger partial charge in [0.2, 0.25) is 0 Å². The first-order chi connectivity index (χ1) is 10.4. The molecule has 2 rings (SSSR count). The van der Waals surface area contributed by atoms with E-state index in [2.05, 4.69) is 16.8 Å². The average Bonchev–Trinajstić information content (AvgIpc) is 2.91. The third-order valence-corrected chi connectivity index (χ3v) is 3.45. The molecule has 22 heavy (non-hydrogen) atoms. The molecule has 0 radical (unpaired) electrons. The zero-order valence-corrected chi connectivity index (χ0v) is 12.7. The number of amides is 2. The van der Waals surface area contributed by atoms with E-state index in [9.17, 15) is 10.0 Å². The van der Waals surface area contributed by atoms with Crippen LogP contribution in [0.2, 0.25) is 0 Å². The summed E-state index contributed by atoms with van der Waals surface area (Å²) in [6, 6.07) is 1.80. The highest BCUT2D eigenvalue weighted by Crippen LogP contribution is 2.26. The first-order valence-electron chi connectivity index (χ1n) is 6.64. The second-order valence-electron chi connectivity index (χ2n) is 4.95. The molecule has 1 aromatic rings. The Bertz CT molecular complexity index is 671. The van der Waals surface area contributed by atoms with Crippen molar-refractivity contribution in [1.82, 2.24) is 5.06 Å². The molecule has 1 unspecified atom stereocenters. The third kappa shape index (κ3) is 4.13.